The number of hydrogen-bond acceptors (Lipinski definition) is 3. The largest absolute Gasteiger partial charge is 0.467 e. The summed E-state index contributed by atoms with van der Waals surface area (Å²) in [6.45, 7) is 0.622. The van der Waals surface area contributed by atoms with Crippen LogP contribution in [0.4, 0.5) is 0 Å². The Kier molecular flexibility index (Phi) is 1.88. The van der Waals surface area contributed by atoms with Gasteiger partial charge >= 0.3 is 0 Å². The molecule has 1 saturated heterocycles. The minimum Gasteiger partial charge on any atom is -0.467 e. The summed E-state index contributed by atoms with van der Waals surface area (Å²) in [5.41, 5.74) is 0. The Labute approximate surface area is 75.1 Å². The molecule has 0 radical (unpaired) electrons. The minimum absolute atomic E-state index is 0.0171. The van der Waals surface area contributed by atoms with Gasteiger partial charge in [0.2, 0.25) is 5.91 Å². The van der Waals surface area contributed by atoms with E-state index in [-0.39, 0.29) is 24.7 Å². The van der Waals surface area contributed by atoms with Gasteiger partial charge in [-0.25, -0.2) is 0 Å². The highest BCUT2D eigenvalue weighted by molar-refractivity contribution is 6.05. The first-order chi connectivity index (χ1) is 6.25. The van der Waals surface area contributed by atoms with Gasteiger partial charge in [-0.2, -0.15) is 0 Å². The third-order valence-corrected chi connectivity index (χ3v) is 2.00. The summed E-state index contributed by atoms with van der Waals surface area (Å²) in [6, 6.07) is 3.55. The number of ketones is 1. The molecule has 1 fully saturated rings. The van der Waals surface area contributed by atoms with E-state index in [9.17, 15) is 9.59 Å². The Morgan fingerprint density at radius 2 is 2.31 bits per heavy atom. The number of Topliss-reactive ketones (excluding diaryl/α,β-unsaturated/α-hetero) is 1. The summed E-state index contributed by atoms with van der Waals surface area (Å²) in [5, 5.41) is 0. The summed E-state index contributed by atoms with van der Waals surface area (Å²) < 4.78 is 5.07. The molecule has 0 unspecified atom stereocenters. The summed E-state index contributed by atoms with van der Waals surface area (Å²) in [6.07, 6.45) is 1.60. The van der Waals surface area contributed by atoms with E-state index in [1.54, 1.807) is 18.4 Å². The van der Waals surface area contributed by atoms with Gasteiger partial charge in [0.05, 0.1) is 25.8 Å². The van der Waals surface area contributed by atoms with Crippen molar-refractivity contribution < 1.29 is 14.0 Å². The van der Waals surface area contributed by atoms with Crippen LogP contribution in [0.25, 0.3) is 0 Å². The maximum atomic E-state index is 11.2. The number of carbonyl (C=O) groups excluding carboxylic acids is 2. The zero-order valence-electron chi connectivity index (χ0n) is 7.03. The molecule has 0 bridgehead atoms. The number of hydrogen-bond donors (Lipinski definition) is 0. The first kappa shape index (κ1) is 8.04. The van der Waals surface area contributed by atoms with E-state index >= 15 is 0 Å². The average molecular weight is 179 g/mol. The Hall–Kier alpha value is -1.58. The van der Waals surface area contributed by atoms with E-state index in [1.165, 1.54) is 4.90 Å². The lowest BCUT2D eigenvalue weighted by molar-refractivity contribution is -0.128. The third kappa shape index (κ3) is 1.61. The second kappa shape index (κ2) is 3.05. The normalized spacial score (nSPS) is 17.1. The van der Waals surface area contributed by atoms with Gasteiger partial charge in [-0.3, -0.25) is 9.59 Å². The molecule has 68 valence electrons. The van der Waals surface area contributed by atoms with Crippen LogP contribution in [-0.2, 0) is 16.1 Å². The Morgan fingerprint density at radius 1 is 1.46 bits per heavy atom. The Bertz CT molecular complexity index is 329. The van der Waals surface area contributed by atoms with Crippen molar-refractivity contribution in [2.24, 2.45) is 0 Å². The molecule has 2 rings (SSSR count). The highest BCUT2D eigenvalue weighted by atomic mass is 16.3. The van der Waals surface area contributed by atoms with Crippen molar-refractivity contribution in [3.8, 4) is 0 Å². The molecule has 0 aliphatic carbocycles. The summed E-state index contributed by atoms with van der Waals surface area (Å²) >= 11 is 0. The predicted molar refractivity (Wildman–Crippen MR) is 43.7 cm³/mol. The van der Waals surface area contributed by atoms with Crippen LogP contribution in [-0.4, -0.2) is 23.1 Å². The second-order valence-corrected chi connectivity index (χ2v) is 3.04. The average Bonchev–Trinajstić information content (AvgIpc) is 2.63. The molecule has 4 heteroatoms. The smallest absolute Gasteiger partial charge is 0.230 e. The van der Waals surface area contributed by atoms with E-state index in [4.69, 9.17) is 4.42 Å². The van der Waals surface area contributed by atoms with Crippen molar-refractivity contribution in [3.05, 3.63) is 24.2 Å². The molecule has 4 nitrogen and oxygen atoms in total. The number of likely N-dealkylation sites (tertiary alicyclic amines) is 1. The number of nitrogens with zero attached hydrogens (tertiary/aromatic N) is 1. The lowest BCUT2D eigenvalue weighted by Crippen LogP contribution is -2.24. The van der Waals surface area contributed by atoms with Crippen molar-refractivity contribution in [1.82, 2.24) is 4.90 Å². The molecule has 13 heavy (non-hydrogen) atoms. The standard InChI is InChI=1S/C9H9NO3/c11-7-4-9(12)10(5-7)6-8-2-1-3-13-8/h1-3H,4-6H2. The molecule has 0 spiro atoms. The summed E-state index contributed by atoms with van der Waals surface area (Å²) in [5.74, 6) is 0.584. The maximum absolute atomic E-state index is 11.2. The van der Waals surface area contributed by atoms with Gasteiger partial charge in [-0.1, -0.05) is 0 Å². The van der Waals surface area contributed by atoms with Gasteiger partial charge in [-0.15, -0.1) is 0 Å². The topological polar surface area (TPSA) is 50.5 Å². The van der Waals surface area contributed by atoms with Crippen molar-refractivity contribution in [1.29, 1.82) is 0 Å². The molecular weight excluding hydrogens is 170 g/mol. The number of furan rings is 1. The Morgan fingerprint density at radius 3 is 2.85 bits per heavy atom. The third-order valence-electron chi connectivity index (χ3n) is 2.00. The monoisotopic (exact) mass is 179 g/mol. The Balaban J connectivity index is 2.03. The molecule has 1 aromatic rings. The lowest BCUT2D eigenvalue weighted by atomic mass is 10.3. The van der Waals surface area contributed by atoms with Gasteiger partial charge in [0.25, 0.3) is 0 Å². The van der Waals surface area contributed by atoms with Crippen molar-refractivity contribution in [3.63, 3.8) is 0 Å². The van der Waals surface area contributed by atoms with Gasteiger partial charge in [0.1, 0.15) is 5.76 Å². The van der Waals surface area contributed by atoms with E-state index < -0.39 is 0 Å². The first-order valence-electron chi connectivity index (χ1n) is 4.07. The minimum atomic E-state index is -0.110. The fraction of sp³-hybridized carbons (Fsp3) is 0.333. The summed E-state index contributed by atoms with van der Waals surface area (Å²) in [7, 11) is 0. The van der Waals surface area contributed by atoms with E-state index in [2.05, 4.69) is 0 Å². The first-order valence-corrected chi connectivity index (χ1v) is 4.07. The molecule has 1 aliphatic heterocycles. The number of amides is 1. The molecule has 0 N–H and O–H groups in total. The van der Waals surface area contributed by atoms with Gasteiger partial charge < -0.3 is 9.32 Å². The molecule has 0 atom stereocenters. The van der Waals surface area contributed by atoms with Crippen molar-refractivity contribution in [2.75, 3.05) is 6.54 Å². The van der Waals surface area contributed by atoms with Crippen molar-refractivity contribution >= 4 is 11.7 Å². The molecule has 0 aromatic carbocycles. The molecule has 2 heterocycles. The highest BCUT2D eigenvalue weighted by Crippen LogP contribution is 2.11. The van der Waals surface area contributed by atoms with Crippen LogP contribution in [0.3, 0.4) is 0 Å². The highest BCUT2D eigenvalue weighted by Gasteiger charge is 2.27. The fourth-order valence-corrected chi connectivity index (χ4v) is 1.37. The van der Waals surface area contributed by atoms with Crippen LogP contribution in [0, 0.1) is 0 Å². The number of carbonyl (C=O) groups is 2. The molecule has 0 saturated carbocycles. The lowest BCUT2D eigenvalue weighted by Gasteiger charge is -2.11. The maximum Gasteiger partial charge on any atom is 0.230 e. The van der Waals surface area contributed by atoms with Crippen LogP contribution >= 0.6 is 0 Å². The van der Waals surface area contributed by atoms with E-state index in [1.807, 2.05) is 0 Å². The van der Waals surface area contributed by atoms with E-state index in [0.29, 0.717) is 12.3 Å². The molecular formula is C9H9NO3. The molecule has 1 aliphatic rings. The fourth-order valence-electron chi connectivity index (χ4n) is 1.37. The second-order valence-electron chi connectivity index (χ2n) is 3.04. The number of rotatable bonds is 2. The van der Waals surface area contributed by atoms with Crippen LogP contribution in [0.2, 0.25) is 0 Å². The van der Waals surface area contributed by atoms with Crippen LogP contribution < -0.4 is 0 Å². The van der Waals surface area contributed by atoms with Gasteiger partial charge in [0, 0.05) is 0 Å². The SMILES string of the molecule is O=C1CC(=O)N(Cc2ccco2)C1. The van der Waals surface area contributed by atoms with Crippen LogP contribution in [0.1, 0.15) is 12.2 Å². The summed E-state index contributed by atoms with van der Waals surface area (Å²) in [4.78, 5) is 23.6. The van der Waals surface area contributed by atoms with Crippen molar-refractivity contribution in [2.45, 2.75) is 13.0 Å². The quantitative estimate of drug-likeness (QED) is 0.624. The zero-order chi connectivity index (χ0) is 9.26. The molecule has 1 amide bonds. The van der Waals surface area contributed by atoms with E-state index in [0.717, 1.165) is 0 Å². The van der Waals surface area contributed by atoms with Crippen LogP contribution in [0.15, 0.2) is 22.8 Å². The van der Waals surface area contributed by atoms with Gasteiger partial charge in [0.15, 0.2) is 5.78 Å². The zero-order valence-corrected chi connectivity index (χ0v) is 7.03. The molecule has 1 aromatic heterocycles. The van der Waals surface area contributed by atoms with Crippen LogP contribution in [0.5, 0.6) is 0 Å². The van der Waals surface area contributed by atoms with Gasteiger partial charge in [-0.05, 0) is 12.1 Å². The predicted octanol–water partition coefficient (Wildman–Crippen LogP) is 0.581.